The summed E-state index contributed by atoms with van der Waals surface area (Å²) in [4.78, 5) is 16.7. The summed E-state index contributed by atoms with van der Waals surface area (Å²) in [5, 5.41) is 0. The van der Waals surface area contributed by atoms with Crippen LogP contribution in [0.15, 0.2) is 93.5 Å². The molecule has 0 radical (unpaired) electrons. The number of benzene rings is 2. The van der Waals surface area contributed by atoms with Gasteiger partial charge in [-0.1, -0.05) is 60.7 Å². The van der Waals surface area contributed by atoms with Gasteiger partial charge in [-0.3, -0.25) is 9.79 Å². The van der Waals surface area contributed by atoms with Gasteiger partial charge < -0.3 is 0 Å². The maximum atomic E-state index is 11.6. The molecule has 1 spiro atoms. The zero-order chi connectivity index (χ0) is 16.6. The lowest BCUT2D eigenvalue weighted by molar-refractivity contribution is -0.110. The third-order valence-electron chi connectivity index (χ3n) is 4.24. The van der Waals surface area contributed by atoms with E-state index in [4.69, 9.17) is 4.99 Å². The van der Waals surface area contributed by atoms with E-state index in [1.165, 1.54) is 0 Å². The first-order chi connectivity index (χ1) is 11.7. The molecule has 0 amide bonds. The van der Waals surface area contributed by atoms with Crippen molar-refractivity contribution in [1.29, 1.82) is 0 Å². The van der Waals surface area contributed by atoms with E-state index >= 15 is 0 Å². The van der Waals surface area contributed by atoms with Crippen LogP contribution in [0.5, 0.6) is 0 Å². The maximum absolute atomic E-state index is 11.6. The Balaban J connectivity index is 1.95. The third kappa shape index (κ3) is 2.49. The normalized spacial score (nSPS) is 18.4. The van der Waals surface area contributed by atoms with Crippen molar-refractivity contribution in [3.05, 3.63) is 99.7 Å². The molecule has 1 aliphatic heterocycles. The average Bonchev–Trinajstić information content (AvgIpc) is 2.92. The van der Waals surface area contributed by atoms with Gasteiger partial charge in [0.1, 0.15) is 5.54 Å². The number of carbonyl (C=O) groups is 1. The highest BCUT2D eigenvalue weighted by Crippen LogP contribution is 2.45. The molecule has 0 saturated carbocycles. The van der Waals surface area contributed by atoms with Gasteiger partial charge in [-0.25, -0.2) is 0 Å². The van der Waals surface area contributed by atoms with E-state index in [0.717, 1.165) is 26.0 Å². The summed E-state index contributed by atoms with van der Waals surface area (Å²) >= 11 is 2.38. The zero-order valence-electron chi connectivity index (χ0n) is 12.8. The molecule has 2 aliphatic rings. The molecular formula is C21H14INO. The van der Waals surface area contributed by atoms with Crippen LogP contribution in [0, 0.1) is 0 Å². The molecule has 1 aliphatic carbocycles. The van der Waals surface area contributed by atoms with Gasteiger partial charge in [-0.05, 0) is 52.5 Å². The van der Waals surface area contributed by atoms with Crippen molar-refractivity contribution in [2.45, 2.75) is 5.54 Å². The molecule has 0 unspecified atom stereocenters. The smallest absolute Gasteiger partial charge is 0.178 e. The first-order valence-electron chi connectivity index (χ1n) is 7.73. The molecule has 0 aromatic heterocycles. The Hall–Kier alpha value is -2.27. The number of carbonyl (C=O) groups excluding carboxylic acids is 1. The van der Waals surface area contributed by atoms with Crippen molar-refractivity contribution in [3.8, 4) is 0 Å². The molecule has 2 nitrogen and oxygen atoms in total. The summed E-state index contributed by atoms with van der Waals surface area (Å²) in [7, 11) is 0. The average molecular weight is 423 g/mol. The number of aliphatic imine (C=N–C) groups is 1. The molecule has 116 valence electrons. The van der Waals surface area contributed by atoms with E-state index in [9.17, 15) is 4.79 Å². The Morgan fingerprint density at radius 3 is 1.92 bits per heavy atom. The SMILES string of the molecule is O=C1C=CC2(C=C1)N=C(c1ccccc1)C(I)=C2c1ccccc1. The van der Waals surface area contributed by atoms with E-state index in [1.54, 1.807) is 12.2 Å². The highest BCUT2D eigenvalue weighted by molar-refractivity contribution is 14.1. The molecule has 0 bridgehead atoms. The molecular weight excluding hydrogens is 409 g/mol. The van der Waals surface area contributed by atoms with Gasteiger partial charge in [0.05, 0.1) is 5.71 Å². The van der Waals surface area contributed by atoms with E-state index < -0.39 is 5.54 Å². The minimum absolute atomic E-state index is 0.00593. The molecule has 3 heteroatoms. The minimum Gasteiger partial charge on any atom is -0.290 e. The predicted molar refractivity (Wildman–Crippen MR) is 106 cm³/mol. The molecule has 24 heavy (non-hydrogen) atoms. The fourth-order valence-electron chi connectivity index (χ4n) is 3.10. The lowest BCUT2D eigenvalue weighted by Crippen LogP contribution is -2.23. The Bertz CT molecular complexity index is 905. The van der Waals surface area contributed by atoms with Crippen LogP contribution in [-0.4, -0.2) is 17.0 Å². The fourth-order valence-corrected chi connectivity index (χ4v) is 4.28. The van der Waals surface area contributed by atoms with E-state index in [1.807, 2.05) is 48.6 Å². The second-order valence-electron chi connectivity index (χ2n) is 5.78. The van der Waals surface area contributed by atoms with Crippen molar-refractivity contribution in [3.63, 3.8) is 0 Å². The van der Waals surface area contributed by atoms with Gasteiger partial charge in [0.25, 0.3) is 0 Å². The minimum atomic E-state index is -0.600. The standard InChI is InChI=1S/C21H14INO/c22-19-18(15-7-3-1-4-8-15)21(13-11-17(24)12-14-21)23-20(19)16-9-5-2-6-10-16/h1-14H. The summed E-state index contributed by atoms with van der Waals surface area (Å²) in [5.41, 5.74) is 3.71. The van der Waals surface area contributed by atoms with E-state index in [0.29, 0.717) is 0 Å². The fraction of sp³-hybridized carbons (Fsp3) is 0.0476. The van der Waals surface area contributed by atoms with Crippen LogP contribution >= 0.6 is 22.6 Å². The van der Waals surface area contributed by atoms with Crippen molar-refractivity contribution in [2.75, 3.05) is 0 Å². The van der Waals surface area contributed by atoms with Crippen LogP contribution in [0.3, 0.4) is 0 Å². The predicted octanol–water partition coefficient (Wildman–Crippen LogP) is 4.77. The van der Waals surface area contributed by atoms with Gasteiger partial charge >= 0.3 is 0 Å². The number of hydrogen-bond acceptors (Lipinski definition) is 2. The molecule has 2 aromatic rings. The quantitative estimate of drug-likeness (QED) is 0.640. The number of halogens is 1. The van der Waals surface area contributed by atoms with E-state index in [-0.39, 0.29) is 5.78 Å². The summed E-state index contributed by atoms with van der Waals surface area (Å²) in [6.07, 6.45) is 7.05. The molecule has 0 atom stereocenters. The van der Waals surface area contributed by atoms with Crippen LogP contribution in [0.25, 0.3) is 5.57 Å². The Labute approximate surface area is 154 Å². The van der Waals surface area contributed by atoms with Gasteiger partial charge in [0.2, 0.25) is 0 Å². The molecule has 0 saturated heterocycles. The molecule has 1 heterocycles. The molecule has 0 fully saturated rings. The van der Waals surface area contributed by atoms with Crippen LogP contribution in [0.2, 0.25) is 0 Å². The third-order valence-corrected chi connectivity index (χ3v) is 5.29. The van der Waals surface area contributed by atoms with Crippen LogP contribution in [0.4, 0.5) is 0 Å². The second kappa shape index (κ2) is 5.98. The number of nitrogens with zero attached hydrogens (tertiary/aromatic N) is 1. The van der Waals surface area contributed by atoms with Gasteiger partial charge in [0, 0.05) is 14.7 Å². The number of hydrogen-bond donors (Lipinski definition) is 0. The monoisotopic (exact) mass is 423 g/mol. The highest BCUT2D eigenvalue weighted by atomic mass is 127. The lowest BCUT2D eigenvalue weighted by Gasteiger charge is -2.25. The second-order valence-corrected chi connectivity index (χ2v) is 6.85. The van der Waals surface area contributed by atoms with E-state index in [2.05, 4.69) is 46.9 Å². The van der Waals surface area contributed by atoms with Gasteiger partial charge in [-0.15, -0.1) is 0 Å². The zero-order valence-corrected chi connectivity index (χ0v) is 15.0. The molecule has 0 N–H and O–H groups in total. The topological polar surface area (TPSA) is 29.4 Å². The van der Waals surface area contributed by atoms with Crippen LogP contribution in [-0.2, 0) is 4.79 Å². The Kier molecular flexibility index (Phi) is 3.81. The Morgan fingerprint density at radius 2 is 1.33 bits per heavy atom. The first-order valence-corrected chi connectivity index (χ1v) is 8.81. The van der Waals surface area contributed by atoms with Crippen LogP contribution in [0.1, 0.15) is 11.1 Å². The highest BCUT2D eigenvalue weighted by Gasteiger charge is 2.39. The summed E-state index contributed by atoms with van der Waals surface area (Å²) < 4.78 is 1.12. The molecule has 4 rings (SSSR count). The number of allylic oxidation sites excluding steroid dienone is 3. The summed E-state index contributed by atoms with van der Waals surface area (Å²) in [6, 6.07) is 20.4. The van der Waals surface area contributed by atoms with Gasteiger partial charge in [0.15, 0.2) is 5.78 Å². The van der Waals surface area contributed by atoms with Crippen molar-refractivity contribution in [1.82, 2.24) is 0 Å². The van der Waals surface area contributed by atoms with Crippen molar-refractivity contribution in [2.24, 2.45) is 4.99 Å². The molecule has 2 aromatic carbocycles. The number of ketones is 1. The lowest BCUT2D eigenvalue weighted by atomic mass is 9.83. The maximum Gasteiger partial charge on any atom is 0.178 e. The van der Waals surface area contributed by atoms with Crippen molar-refractivity contribution < 1.29 is 4.79 Å². The van der Waals surface area contributed by atoms with Crippen molar-refractivity contribution >= 4 is 39.7 Å². The van der Waals surface area contributed by atoms with Crippen LogP contribution < -0.4 is 0 Å². The Morgan fingerprint density at radius 1 is 0.792 bits per heavy atom. The summed E-state index contributed by atoms with van der Waals surface area (Å²) in [5.74, 6) is 0.00593. The largest absolute Gasteiger partial charge is 0.290 e. The summed E-state index contributed by atoms with van der Waals surface area (Å²) in [6.45, 7) is 0. The van der Waals surface area contributed by atoms with Gasteiger partial charge in [-0.2, -0.15) is 0 Å². The number of rotatable bonds is 2. The first kappa shape index (κ1) is 15.3.